The molecule has 2 aromatic heterocycles. The average molecular weight is 288 g/mol. The molecule has 0 saturated carbocycles. The lowest BCUT2D eigenvalue weighted by molar-refractivity contribution is 0.0690. The third-order valence-corrected chi connectivity index (χ3v) is 2.62. The molecule has 2 aromatic rings. The summed E-state index contributed by atoms with van der Waals surface area (Å²) < 4.78 is 5.56. The largest absolute Gasteiger partial charge is 0.477 e. The first-order valence-corrected chi connectivity index (χ1v) is 6.56. The molecule has 0 aliphatic carbocycles. The van der Waals surface area contributed by atoms with Crippen LogP contribution >= 0.6 is 0 Å². The number of aromatic carboxylic acids is 1. The van der Waals surface area contributed by atoms with Crippen LogP contribution in [0.5, 0.6) is 5.88 Å². The molecule has 0 amide bonds. The molecule has 7 nitrogen and oxygen atoms in total. The summed E-state index contributed by atoms with van der Waals surface area (Å²) in [6.07, 6.45) is 5.18. The summed E-state index contributed by atoms with van der Waals surface area (Å²) >= 11 is 0. The summed E-state index contributed by atoms with van der Waals surface area (Å²) in [5.41, 5.74) is 0.809. The van der Waals surface area contributed by atoms with Gasteiger partial charge in [-0.3, -0.25) is 0 Å². The third kappa shape index (κ3) is 4.13. The molecule has 110 valence electrons. The van der Waals surface area contributed by atoms with E-state index < -0.39 is 5.97 Å². The summed E-state index contributed by atoms with van der Waals surface area (Å²) in [6, 6.07) is 3.74. The van der Waals surface area contributed by atoms with E-state index >= 15 is 0 Å². The van der Waals surface area contributed by atoms with Crippen molar-refractivity contribution in [1.82, 2.24) is 15.0 Å². The van der Waals surface area contributed by atoms with Gasteiger partial charge in [-0.25, -0.2) is 19.7 Å². The standard InChI is InChI=1S/C14H16N4O3/c1-2-6-21-13-10(4-3-5-15-13)7-17-12-9-16-11(8-18-12)14(19)20/h3-5,8-9H,2,6-7H2,1H3,(H,17,18)(H,19,20). The number of carbonyl (C=O) groups is 1. The lowest BCUT2D eigenvalue weighted by atomic mass is 10.2. The van der Waals surface area contributed by atoms with Crippen LogP contribution in [0.1, 0.15) is 29.4 Å². The summed E-state index contributed by atoms with van der Waals surface area (Å²) in [5, 5.41) is 11.8. The van der Waals surface area contributed by atoms with E-state index in [-0.39, 0.29) is 5.69 Å². The van der Waals surface area contributed by atoms with E-state index in [2.05, 4.69) is 20.3 Å². The van der Waals surface area contributed by atoms with E-state index in [4.69, 9.17) is 9.84 Å². The van der Waals surface area contributed by atoms with E-state index in [0.717, 1.165) is 12.0 Å². The monoisotopic (exact) mass is 288 g/mol. The fourth-order valence-electron chi connectivity index (χ4n) is 1.60. The minimum atomic E-state index is -1.10. The van der Waals surface area contributed by atoms with Gasteiger partial charge in [-0.05, 0) is 12.5 Å². The van der Waals surface area contributed by atoms with Crippen LogP contribution in [0.25, 0.3) is 0 Å². The second-order valence-electron chi connectivity index (χ2n) is 4.26. The van der Waals surface area contributed by atoms with Gasteiger partial charge in [-0.1, -0.05) is 13.0 Å². The molecule has 0 atom stereocenters. The van der Waals surface area contributed by atoms with Crippen molar-refractivity contribution in [1.29, 1.82) is 0 Å². The number of ether oxygens (including phenoxy) is 1. The van der Waals surface area contributed by atoms with E-state index in [9.17, 15) is 4.79 Å². The Bertz CT molecular complexity index is 601. The van der Waals surface area contributed by atoms with E-state index in [1.54, 1.807) is 6.20 Å². The van der Waals surface area contributed by atoms with E-state index in [1.807, 2.05) is 19.1 Å². The van der Waals surface area contributed by atoms with Crippen LogP contribution in [0.4, 0.5) is 5.82 Å². The molecule has 0 aromatic carbocycles. The van der Waals surface area contributed by atoms with Crippen LogP contribution in [0.15, 0.2) is 30.7 Å². The number of pyridine rings is 1. The van der Waals surface area contributed by atoms with Gasteiger partial charge in [-0.15, -0.1) is 0 Å². The summed E-state index contributed by atoms with van der Waals surface area (Å²) in [6.45, 7) is 3.10. The molecule has 0 bridgehead atoms. The van der Waals surface area contributed by atoms with Crippen LogP contribution < -0.4 is 10.1 Å². The Kier molecular flexibility index (Phi) is 5.03. The van der Waals surface area contributed by atoms with Crippen LogP contribution in [-0.2, 0) is 6.54 Å². The van der Waals surface area contributed by atoms with Gasteiger partial charge in [-0.2, -0.15) is 0 Å². The van der Waals surface area contributed by atoms with Gasteiger partial charge in [0.05, 0.1) is 19.0 Å². The highest BCUT2D eigenvalue weighted by molar-refractivity contribution is 5.84. The number of rotatable bonds is 7. The number of carboxylic acids is 1. The number of nitrogens with one attached hydrogen (secondary N) is 1. The molecule has 7 heteroatoms. The molecule has 0 aliphatic rings. The zero-order valence-corrected chi connectivity index (χ0v) is 11.6. The summed E-state index contributed by atoms with van der Waals surface area (Å²) in [7, 11) is 0. The SMILES string of the molecule is CCCOc1ncccc1CNc1cnc(C(=O)O)cn1. The molecule has 0 spiro atoms. The Morgan fingerprint density at radius 2 is 2.19 bits per heavy atom. The number of aromatic nitrogens is 3. The van der Waals surface area contributed by atoms with Gasteiger partial charge < -0.3 is 15.2 Å². The highest BCUT2D eigenvalue weighted by Crippen LogP contribution is 2.16. The lowest BCUT2D eigenvalue weighted by Crippen LogP contribution is -2.07. The molecule has 0 aliphatic heterocycles. The van der Waals surface area contributed by atoms with Crippen LogP contribution in [0.3, 0.4) is 0 Å². The molecular formula is C14H16N4O3. The van der Waals surface area contributed by atoms with Crippen molar-refractivity contribution < 1.29 is 14.6 Å². The van der Waals surface area contributed by atoms with Gasteiger partial charge in [0.2, 0.25) is 5.88 Å². The molecule has 2 rings (SSSR count). The number of hydrogen-bond acceptors (Lipinski definition) is 6. The fourth-order valence-corrected chi connectivity index (χ4v) is 1.60. The first-order valence-electron chi connectivity index (χ1n) is 6.56. The topological polar surface area (TPSA) is 97.2 Å². The Labute approximate surface area is 122 Å². The molecule has 2 N–H and O–H groups in total. The predicted molar refractivity (Wildman–Crippen MR) is 76.3 cm³/mol. The van der Waals surface area contributed by atoms with Crippen LogP contribution in [0.2, 0.25) is 0 Å². The highest BCUT2D eigenvalue weighted by Gasteiger charge is 2.07. The maximum absolute atomic E-state index is 10.7. The maximum atomic E-state index is 10.7. The van der Waals surface area contributed by atoms with Crippen molar-refractivity contribution in [2.24, 2.45) is 0 Å². The number of nitrogens with zero attached hydrogens (tertiary/aromatic N) is 3. The number of hydrogen-bond donors (Lipinski definition) is 2. The second kappa shape index (κ2) is 7.18. The molecule has 2 heterocycles. The number of anilines is 1. The Morgan fingerprint density at radius 1 is 1.33 bits per heavy atom. The predicted octanol–water partition coefficient (Wildman–Crippen LogP) is 1.97. The zero-order valence-electron chi connectivity index (χ0n) is 11.6. The van der Waals surface area contributed by atoms with Gasteiger partial charge >= 0.3 is 5.97 Å². The Hall–Kier alpha value is -2.70. The van der Waals surface area contributed by atoms with Crippen molar-refractivity contribution in [3.05, 3.63) is 42.0 Å². The molecule has 0 fully saturated rings. The van der Waals surface area contributed by atoms with Crippen molar-refractivity contribution in [2.75, 3.05) is 11.9 Å². The van der Waals surface area contributed by atoms with Crippen molar-refractivity contribution >= 4 is 11.8 Å². The maximum Gasteiger partial charge on any atom is 0.356 e. The molecular weight excluding hydrogens is 272 g/mol. The molecule has 0 unspecified atom stereocenters. The van der Waals surface area contributed by atoms with E-state index in [1.165, 1.54) is 12.4 Å². The minimum absolute atomic E-state index is 0.0890. The quantitative estimate of drug-likeness (QED) is 0.803. The van der Waals surface area contributed by atoms with Gasteiger partial charge in [0.25, 0.3) is 0 Å². The molecule has 0 radical (unpaired) electrons. The first-order chi connectivity index (χ1) is 10.2. The van der Waals surface area contributed by atoms with Crippen LogP contribution in [-0.4, -0.2) is 32.6 Å². The zero-order chi connectivity index (χ0) is 15.1. The second-order valence-corrected chi connectivity index (χ2v) is 4.26. The lowest BCUT2D eigenvalue weighted by Gasteiger charge is -2.10. The first kappa shape index (κ1) is 14.7. The van der Waals surface area contributed by atoms with Crippen molar-refractivity contribution in [3.63, 3.8) is 0 Å². The highest BCUT2D eigenvalue weighted by atomic mass is 16.5. The normalized spacial score (nSPS) is 10.1. The van der Waals surface area contributed by atoms with Crippen molar-refractivity contribution in [2.45, 2.75) is 19.9 Å². The van der Waals surface area contributed by atoms with Crippen molar-refractivity contribution in [3.8, 4) is 5.88 Å². The number of carboxylic acid groups (broad SMARTS) is 1. The van der Waals surface area contributed by atoms with Gasteiger partial charge in [0, 0.05) is 18.3 Å². The smallest absolute Gasteiger partial charge is 0.356 e. The summed E-state index contributed by atoms with van der Waals surface area (Å²) in [5.74, 6) is -0.0242. The third-order valence-electron chi connectivity index (χ3n) is 2.62. The minimum Gasteiger partial charge on any atom is -0.477 e. The molecule has 0 saturated heterocycles. The fraction of sp³-hybridized carbons (Fsp3) is 0.286. The molecule has 21 heavy (non-hydrogen) atoms. The summed E-state index contributed by atoms with van der Waals surface area (Å²) in [4.78, 5) is 22.7. The van der Waals surface area contributed by atoms with E-state index in [0.29, 0.717) is 24.8 Å². The average Bonchev–Trinajstić information content (AvgIpc) is 2.52. The Balaban J connectivity index is 2.00. The van der Waals surface area contributed by atoms with Crippen LogP contribution in [0, 0.1) is 0 Å². The van der Waals surface area contributed by atoms with Gasteiger partial charge in [0.1, 0.15) is 5.82 Å². The Morgan fingerprint density at radius 3 is 2.86 bits per heavy atom. The van der Waals surface area contributed by atoms with Gasteiger partial charge in [0.15, 0.2) is 5.69 Å².